The Hall–Kier alpha value is -2.72. The molecule has 0 aromatic heterocycles. The summed E-state index contributed by atoms with van der Waals surface area (Å²) < 4.78 is 86.0. The predicted octanol–water partition coefficient (Wildman–Crippen LogP) is 4.07. The molecular weight excluding hydrogens is 420 g/mol. The Morgan fingerprint density at radius 3 is 2.20 bits per heavy atom. The zero-order valence-corrected chi connectivity index (χ0v) is 16.2. The number of carbonyl (C=O) groups is 2. The topological polar surface area (TPSA) is 55.8 Å². The van der Waals surface area contributed by atoms with Crippen LogP contribution in [0.1, 0.15) is 19.4 Å². The molecular formula is C19H21F6NO4. The van der Waals surface area contributed by atoms with Crippen LogP contribution in [0.25, 0.3) is 0 Å². The van der Waals surface area contributed by atoms with E-state index in [1.807, 2.05) is 0 Å². The number of benzene rings is 1. The number of nitrogens with zero attached hydrogens (tertiary/aromatic N) is 1. The molecule has 0 fully saturated rings. The van der Waals surface area contributed by atoms with Crippen molar-refractivity contribution in [2.24, 2.45) is 0 Å². The quantitative estimate of drug-likeness (QED) is 0.330. The van der Waals surface area contributed by atoms with Crippen LogP contribution >= 0.6 is 0 Å². The molecule has 0 aliphatic carbocycles. The summed E-state index contributed by atoms with van der Waals surface area (Å²) in [5.74, 6) is -4.64. The van der Waals surface area contributed by atoms with E-state index in [0.717, 1.165) is 0 Å². The Balaban J connectivity index is 3.08. The molecule has 1 rings (SSSR count). The van der Waals surface area contributed by atoms with Gasteiger partial charge in [-0.15, -0.1) is 6.58 Å². The van der Waals surface area contributed by atoms with Crippen LogP contribution < -0.4 is 4.74 Å². The van der Waals surface area contributed by atoms with Gasteiger partial charge in [0.25, 0.3) is 0 Å². The highest BCUT2D eigenvalue weighted by atomic mass is 19.4. The van der Waals surface area contributed by atoms with Gasteiger partial charge in [-0.25, -0.2) is 4.79 Å². The Morgan fingerprint density at radius 2 is 1.70 bits per heavy atom. The second-order valence-corrected chi connectivity index (χ2v) is 6.49. The molecule has 1 unspecified atom stereocenters. The standard InChI is InChI=1S/C19H21F6NO4/c1-4-7-13-8-5-6-9-15(13)29-11-14(30-17(28)19(23,24)25)10-26(12(2)3)16(27)18(20,21)22/h4-6,8-9,12,14H,1,7,10-11H2,2-3H3. The molecule has 30 heavy (non-hydrogen) atoms. The fraction of sp³-hybridized carbons (Fsp3) is 0.474. The van der Waals surface area contributed by atoms with E-state index in [2.05, 4.69) is 11.3 Å². The lowest BCUT2D eigenvalue weighted by atomic mass is 10.1. The lowest BCUT2D eigenvalue weighted by Crippen LogP contribution is -2.50. The molecule has 0 saturated heterocycles. The number of esters is 1. The minimum atomic E-state index is -5.37. The summed E-state index contributed by atoms with van der Waals surface area (Å²) in [5.41, 5.74) is 0.612. The first-order chi connectivity index (χ1) is 13.8. The average Bonchev–Trinajstić information content (AvgIpc) is 2.62. The van der Waals surface area contributed by atoms with Crippen molar-refractivity contribution >= 4 is 11.9 Å². The predicted molar refractivity (Wildman–Crippen MR) is 94.7 cm³/mol. The van der Waals surface area contributed by atoms with Crippen LogP contribution in [0.3, 0.4) is 0 Å². The van der Waals surface area contributed by atoms with E-state index in [1.54, 1.807) is 24.3 Å². The van der Waals surface area contributed by atoms with Crippen LogP contribution in [-0.2, 0) is 20.7 Å². The number of carbonyl (C=O) groups excluding carboxylic acids is 2. The highest BCUT2D eigenvalue weighted by Crippen LogP contribution is 2.24. The first kappa shape index (κ1) is 25.3. The van der Waals surface area contributed by atoms with Crippen LogP contribution in [0.2, 0.25) is 0 Å². The summed E-state index contributed by atoms with van der Waals surface area (Å²) in [6.07, 6.45) is -10.5. The number of para-hydroxylation sites is 1. The van der Waals surface area contributed by atoms with Crippen molar-refractivity contribution in [3.05, 3.63) is 42.5 Å². The number of allylic oxidation sites excluding steroid dienone is 1. The molecule has 0 bridgehead atoms. The summed E-state index contributed by atoms with van der Waals surface area (Å²) in [6, 6.07) is 5.37. The zero-order chi connectivity index (χ0) is 23.1. The molecule has 1 aromatic carbocycles. The van der Waals surface area contributed by atoms with Gasteiger partial charge in [-0.2, -0.15) is 26.3 Å². The van der Waals surface area contributed by atoms with Gasteiger partial charge in [0.15, 0.2) is 6.10 Å². The number of hydrogen-bond acceptors (Lipinski definition) is 4. The van der Waals surface area contributed by atoms with Crippen molar-refractivity contribution in [1.29, 1.82) is 0 Å². The second-order valence-electron chi connectivity index (χ2n) is 6.49. The van der Waals surface area contributed by atoms with Gasteiger partial charge >= 0.3 is 24.2 Å². The molecule has 0 N–H and O–H groups in total. The second kappa shape index (κ2) is 10.4. The smallest absolute Gasteiger partial charge is 0.489 e. The Morgan fingerprint density at radius 1 is 1.10 bits per heavy atom. The largest absolute Gasteiger partial charge is 0.490 e. The SMILES string of the molecule is C=CCc1ccccc1OCC(CN(C(=O)C(F)(F)F)C(C)C)OC(=O)C(F)(F)F. The van der Waals surface area contributed by atoms with Crippen molar-refractivity contribution in [1.82, 2.24) is 4.90 Å². The zero-order valence-electron chi connectivity index (χ0n) is 16.2. The number of alkyl halides is 6. The summed E-state index contributed by atoms with van der Waals surface area (Å²) in [7, 11) is 0. The van der Waals surface area contributed by atoms with Crippen molar-refractivity contribution in [3.8, 4) is 5.75 Å². The van der Waals surface area contributed by atoms with Crippen LogP contribution in [0, 0.1) is 0 Å². The molecule has 0 heterocycles. The van der Waals surface area contributed by atoms with Crippen molar-refractivity contribution in [2.45, 2.75) is 44.8 Å². The highest BCUT2D eigenvalue weighted by molar-refractivity contribution is 5.82. The maximum atomic E-state index is 12.8. The summed E-state index contributed by atoms with van der Waals surface area (Å²) in [5, 5.41) is 0. The molecule has 0 aliphatic rings. The third-order valence-electron chi connectivity index (χ3n) is 3.79. The van der Waals surface area contributed by atoms with E-state index in [1.165, 1.54) is 19.9 Å². The van der Waals surface area contributed by atoms with E-state index in [-0.39, 0.29) is 10.6 Å². The van der Waals surface area contributed by atoms with Crippen LogP contribution in [0.15, 0.2) is 36.9 Å². The first-order valence-electron chi connectivity index (χ1n) is 8.74. The number of ether oxygens (including phenoxy) is 2. The van der Waals surface area contributed by atoms with E-state index in [0.29, 0.717) is 12.0 Å². The lowest BCUT2D eigenvalue weighted by molar-refractivity contribution is -0.209. The molecule has 5 nitrogen and oxygen atoms in total. The third kappa shape index (κ3) is 7.60. The van der Waals surface area contributed by atoms with Crippen molar-refractivity contribution < 1.29 is 45.4 Å². The molecule has 1 amide bonds. The summed E-state index contributed by atoms with van der Waals surface area (Å²) >= 11 is 0. The maximum absolute atomic E-state index is 12.8. The Kier molecular flexibility index (Phi) is 8.74. The molecule has 0 saturated carbocycles. The molecule has 1 aromatic rings. The van der Waals surface area contributed by atoms with Crippen molar-refractivity contribution in [3.63, 3.8) is 0 Å². The summed E-state index contributed by atoms with van der Waals surface area (Å²) in [4.78, 5) is 23.1. The molecule has 0 aliphatic heterocycles. The monoisotopic (exact) mass is 441 g/mol. The van der Waals surface area contributed by atoms with Gasteiger partial charge in [0.2, 0.25) is 0 Å². The Labute approximate surface area is 169 Å². The molecule has 0 spiro atoms. The highest BCUT2D eigenvalue weighted by Gasteiger charge is 2.46. The van der Waals surface area contributed by atoms with E-state index < -0.39 is 49.5 Å². The van der Waals surface area contributed by atoms with Gasteiger partial charge in [0.05, 0.1) is 6.54 Å². The first-order valence-corrected chi connectivity index (χ1v) is 8.74. The van der Waals surface area contributed by atoms with Gasteiger partial charge in [0.1, 0.15) is 12.4 Å². The maximum Gasteiger partial charge on any atom is 0.490 e. The minimum Gasteiger partial charge on any atom is -0.489 e. The van der Waals surface area contributed by atoms with Crippen LogP contribution in [0.4, 0.5) is 26.3 Å². The van der Waals surface area contributed by atoms with Gasteiger partial charge in [-0.3, -0.25) is 4.79 Å². The summed E-state index contributed by atoms with van der Waals surface area (Å²) in [6.45, 7) is 4.40. The third-order valence-corrected chi connectivity index (χ3v) is 3.79. The number of hydrogen-bond donors (Lipinski definition) is 0. The number of halogens is 6. The van der Waals surface area contributed by atoms with Gasteiger partial charge in [-0.1, -0.05) is 24.3 Å². The van der Waals surface area contributed by atoms with Crippen molar-refractivity contribution in [2.75, 3.05) is 13.2 Å². The Bertz CT molecular complexity index is 745. The molecule has 11 heteroatoms. The normalized spacial score (nSPS) is 13.0. The minimum absolute atomic E-state index is 0.226. The average molecular weight is 441 g/mol. The fourth-order valence-electron chi connectivity index (χ4n) is 2.40. The van der Waals surface area contributed by atoms with Gasteiger partial charge in [-0.05, 0) is 31.9 Å². The van der Waals surface area contributed by atoms with Gasteiger partial charge < -0.3 is 14.4 Å². The number of amides is 1. The van der Waals surface area contributed by atoms with E-state index in [9.17, 15) is 35.9 Å². The fourth-order valence-corrected chi connectivity index (χ4v) is 2.40. The number of rotatable bonds is 9. The molecule has 168 valence electrons. The van der Waals surface area contributed by atoms with Gasteiger partial charge in [0, 0.05) is 6.04 Å². The molecule has 1 atom stereocenters. The lowest BCUT2D eigenvalue weighted by Gasteiger charge is -2.31. The van der Waals surface area contributed by atoms with Crippen LogP contribution in [0.5, 0.6) is 5.75 Å². The van der Waals surface area contributed by atoms with E-state index >= 15 is 0 Å². The van der Waals surface area contributed by atoms with E-state index in [4.69, 9.17) is 4.74 Å². The molecule has 0 radical (unpaired) electrons. The van der Waals surface area contributed by atoms with Crippen LogP contribution in [-0.4, -0.2) is 54.4 Å².